The summed E-state index contributed by atoms with van der Waals surface area (Å²) in [5, 5.41) is 2.18. The smallest absolute Gasteiger partial charge is 0.277 e. The Labute approximate surface area is 123 Å². The first-order valence-corrected chi connectivity index (χ1v) is 6.89. The zero-order valence-electron chi connectivity index (χ0n) is 12.4. The number of benzene rings is 1. The van der Waals surface area contributed by atoms with Gasteiger partial charge in [0.1, 0.15) is 5.75 Å². The van der Waals surface area contributed by atoms with Crippen LogP contribution in [-0.2, 0) is 11.2 Å². The Hall–Kier alpha value is -1.69. The van der Waals surface area contributed by atoms with Crippen LogP contribution in [-0.4, -0.2) is 31.5 Å². The van der Waals surface area contributed by atoms with E-state index in [1.54, 1.807) is 24.3 Å². The third-order valence-electron chi connectivity index (χ3n) is 2.71. The van der Waals surface area contributed by atoms with Gasteiger partial charge in [-0.2, -0.15) is 0 Å². The first-order valence-electron chi connectivity index (χ1n) is 6.89. The Morgan fingerprint density at radius 2 is 1.95 bits per heavy atom. The molecule has 0 heterocycles. The van der Waals surface area contributed by atoms with Crippen LogP contribution in [0.5, 0.6) is 5.75 Å². The molecule has 0 radical (unpaired) electrons. The van der Waals surface area contributed by atoms with Gasteiger partial charge in [0.05, 0.1) is 26.1 Å². The van der Waals surface area contributed by atoms with Gasteiger partial charge in [0.2, 0.25) is 5.91 Å². The van der Waals surface area contributed by atoms with Crippen LogP contribution in [0.4, 0.5) is 8.78 Å². The highest BCUT2D eigenvalue weighted by Crippen LogP contribution is 2.14. The predicted octanol–water partition coefficient (Wildman–Crippen LogP) is 1.97. The number of halogens is 2. The van der Waals surface area contributed by atoms with Crippen LogP contribution in [0.1, 0.15) is 19.4 Å². The fourth-order valence-corrected chi connectivity index (χ4v) is 1.51. The first-order chi connectivity index (χ1) is 9.82. The molecule has 0 atom stereocenters. The quantitative estimate of drug-likeness (QED) is 0.771. The van der Waals surface area contributed by atoms with E-state index in [0.29, 0.717) is 12.5 Å². The molecule has 118 valence electrons. The summed E-state index contributed by atoms with van der Waals surface area (Å²) in [7, 11) is 0. The standard InChI is InChI=1S/C15H22F2N2O2/c1-11(2)8-21-13-5-3-12(4-6-13)7-14(20)19-10-15(16,17)9-18/h3-6,11H,7-10,18H2,1-2H3,(H,19,20). The summed E-state index contributed by atoms with van der Waals surface area (Å²) in [5.74, 6) is -2.37. The third kappa shape index (κ3) is 7.04. The molecule has 6 heteroatoms. The molecule has 1 aromatic carbocycles. The van der Waals surface area contributed by atoms with Gasteiger partial charge in [0, 0.05) is 0 Å². The van der Waals surface area contributed by atoms with Gasteiger partial charge in [-0.05, 0) is 23.6 Å². The molecular weight excluding hydrogens is 278 g/mol. The van der Waals surface area contributed by atoms with Crippen LogP contribution < -0.4 is 15.8 Å². The van der Waals surface area contributed by atoms with E-state index in [1.165, 1.54) is 0 Å². The van der Waals surface area contributed by atoms with Crippen molar-refractivity contribution in [1.29, 1.82) is 0 Å². The van der Waals surface area contributed by atoms with Crippen LogP contribution in [0, 0.1) is 5.92 Å². The largest absolute Gasteiger partial charge is 0.493 e. The number of carbonyl (C=O) groups is 1. The molecule has 0 bridgehead atoms. The van der Waals surface area contributed by atoms with Crippen LogP contribution in [0.3, 0.4) is 0 Å². The Morgan fingerprint density at radius 1 is 1.33 bits per heavy atom. The Bertz CT molecular complexity index is 447. The van der Waals surface area contributed by atoms with Crippen molar-refractivity contribution in [2.75, 3.05) is 19.7 Å². The molecule has 0 spiro atoms. The number of carbonyl (C=O) groups excluding carboxylic acids is 1. The lowest BCUT2D eigenvalue weighted by Crippen LogP contribution is -2.42. The Kier molecular flexibility index (Phi) is 6.55. The molecule has 0 aliphatic heterocycles. The zero-order chi connectivity index (χ0) is 15.9. The molecule has 0 aliphatic rings. The van der Waals surface area contributed by atoms with Gasteiger partial charge in [-0.15, -0.1) is 0 Å². The highest BCUT2D eigenvalue weighted by Gasteiger charge is 2.26. The van der Waals surface area contributed by atoms with Gasteiger partial charge in [-0.25, -0.2) is 8.78 Å². The number of nitrogens with two attached hydrogens (primary N) is 1. The lowest BCUT2D eigenvalue weighted by atomic mass is 10.1. The number of rotatable bonds is 8. The average molecular weight is 300 g/mol. The second-order valence-electron chi connectivity index (χ2n) is 5.36. The van der Waals surface area contributed by atoms with Crippen molar-refractivity contribution in [3.63, 3.8) is 0 Å². The molecule has 3 N–H and O–H groups in total. The summed E-state index contributed by atoms with van der Waals surface area (Å²) in [6, 6.07) is 7.02. The minimum atomic E-state index is -3.07. The monoisotopic (exact) mass is 300 g/mol. The van der Waals surface area contributed by atoms with E-state index in [0.717, 1.165) is 11.3 Å². The van der Waals surface area contributed by atoms with Gasteiger partial charge >= 0.3 is 0 Å². The third-order valence-corrected chi connectivity index (χ3v) is 2.71. The van der Waals surface area contributed by atoms with E-state index in [4.69, 9.17) is 10.5 Å². The predicted molar refractivity (Wildman–Crippen MR) is 77.5 cm³/mol. The maximum absolute atomic E-state index is 12.9. The number of alkyl halides is 2. The van der Waals surface area contributed by atoms with E-state index >= 15 is 0 Å². The second-order valence-corrected chi connectivity index (χ2v) is 5.36. The minimum absolute atomic E-state index is 0.0467. The SMILES string of the molecule is CC(C)COc1ccc(CC(=O)NCC(F)(F)CN)cc1. The van der Waals surface area contributed by atoms with E-state index in [-0.39, 0.29) is 6.42 Å². The first kappa shape index (κ1) is 17.4. The van der Waals surface area contributed by atoms with Gasteiger partial charge < -0.3 is 15.8 Å². The molecule has 0 unspecified atom stereocenters. The molecule has 0 aromatic heterocycles. The van der Waals surface area contributed by atoms with Crippen molar-refractivity contribution >= 4 is 5.91 Å². The number of amides is 1. The molecule has 1 rings (SSSR count). The van der Waals surface area contributed by atoms with Crippen LogP contribution >= 0.6 is 0 Å². The molecule has 4 nitrogen and oxygen atoms in total. The summed E-state index contributed by atoms with van der Waals surface area (Å²) < 4.78 is 31.3. The van der Waals surface area contributed by atoms with Crippen molar-refractivity contribution in [3.8, 4) is 5.75 Å². The van der Waals surface area contributed by atoms with Gasteiger partial charge in [0.15, 0.2) is 0 Å². The van der Waals surface area contributed by atoms with Crippen LogP contribution in [0.2, 0.25) is 0 Å². The summed E-state index contributed by atoms with van der Waals surface area (Å²) >= 11 is 0. The van der Waals surface area contributed by atoms with Crippen molar-refractivity contribution in [1.82, 2.24) is 5.32 Å². The zero-order valence-corrected chi connectivity index (χ0v) is 12.4. The second kappa shape index (κ2) is 7.93. The lowest BCUT2D eigenvalue weighted by molar-refractivity contribution is -0.122. The number of hydrogen-bond acceptors (Lipinski definition) is 3. The van der Waals surface area contributed by atoms with Gasteiger partial charge in [-0.1, -0.05) is 26.0 Å². The highest BCUT2D eigenvalue weighted by atomic mass is 19.3. The van der Waals surface area contributed by atoms with Crippen molar-refractivity contribution in [2.24, 2.45) is 11.7 Å². The summed E-state index contributed by atoms with van der Waals surface area (Å²) in [6.45, 7) is 3.20. The summed E-state index contributed by atoms with van der Waals surface area (Å²) in [5.41, 5.74) is 5.63. The summed E-state index contributed by atoms with van der Waals surface area (Å²) in [4.78, 5) is 11.6. The Balaban J connectivity index is 2.42. The fourth-order valence-electron chi connectivity index (χ4n) is 1.51. The normalized spacial score (nSPS) is 11.5. The average Bonchev–Trinajstić information content (AvgIpc) is 2.44. The molecule has 1 amide bonds. The lowest BCUT2D eigenvalue weighted by Gasteiger charge is -2.14. The van der Waals surface area contributed by atoms with Crippen LogP contribution in [0.25, 0.3) is 0 Å². The van der Waals surface area contributed by atoms with E-state index < -0.39 is 24.9 Å². The van der Waals surface area contributed by atoms with Crippen molar-refractivity contribution in [2.45, 2.75) is 26.2 Å². The topological polar surface area (TPSA) is 64.3 Å². The molecule has 0 aliphatic carbocycles. The van der Waals surface area contributed by atoms with Crippen LogP contribution in [0.15, 0.2) is 24.3 Å². The minimum Gasteiger partial charge on any atom is -0.493 e. The van der Waals surface area contributed by atoms with Gasteiger partial charge in [0.25, 0.3) is 5.92 Å². The number of hydrogen-bond donors (Lipinski definition) is 2. The van der Waals surface area contributed by atoms with Crippen molar-refractivity contribution in [3.05, 3.63) is 29.8 Å². The Morgan fingerprint density at radius 3 is 2.48 bits per heavy atom. The fraction of sp³-hybridized carbons (Fsp3) is 0.533. The molecule has 0 saturated carbocycles. The molecule has 21 heavy (non-hydrogen) atoms. The van der Waals surface area contributed by atoms with Crippen molar-refractivity contribution < 1.29 is 18.3 Å². The van der Waals surface area contributed by atoms with Gasteiger partial charge in [-0.3, -0.25) is 4.79 Å². The highest BCUT2D eigenvalue weighted by molar-refractivity contribution is 5.78. The molecule has 0 saturated heterocycles. The summed E-state index contributed by atoms with van der Waals surface area (Å²) in [6.07, 6.45) is 0.0467. The maximum atomic E-state index is 12.9. The van der Waals surface area contributed by atoms with E-state index in [2.05, 4.69) is 19.2 Å². The molecular formula is C15H22F2N2O2. The molecule has 1 aromatic rings. The maximum Gasteiger partial charge on any atom is 0.277 e. The van der Waals surface area contributed by atoms with E-state index in [9.17, 15) is 13.6 Å². The van der Waals surface area contributed by atoms with E-state index in [1.807, 2.05) is 0 Å². The number of nitrogens with one attached hydrogen (secondary N) is 1. The molecule has 0 fully saturated rings. The number of ether oxygens (including phenoxy) is 1.